The van der Waals surface area contributed by atoms with Crippen LogP contribution in [0.4, 0.5) is 0 Å². The van der Waals surface area contributed by atoms with Gasteiger partial charge < -0.3 is 4.74 Å². The van der Waals surface area contributed by atoms with Crippen molar-refractivity contribution in [3.8, 4) is 5.75 Å². The van der Waals surface area contributed by atoms with Crippen molar-refractivity contribution in [3.05, 3.63) is 29.3 Å². The van der Waals surface area contributed by atoms with Gasteiger partial charge in [0.25, 0.3) is 0 Å². The van der Waals surface area contributed by atoms with Crippen molar-refractivity contribution >= 4 is 11.6 Å². The Labute approximate surface area is 84.7 Å². The van der Waals surface area contributed by atoms with Crippen molar-refractivity contribution in [1.29, 1.82) is 0 Å². The summed E-state index contributed by atoms with van der Waals surface area (Å²) in [5.41, 5.74) is 0.166. The largest absolute Gasteiger partial charge is 0.491 e. The Morgan fingerprint density at radius 1 is 1.23 bits per heavy atom. The van der Waals surface area contributed by atoms with Crippen molar-refractivity contribution in [2.24, 2.45) is 5.41 Å². The number of hydrogen-bond donors (Lipinski definition) is 0. The van der Waals surface area contributed by atoms with Gasteiger partial charge in [-0.2, -0.15) is 0 Å². The molecule has 0 atom stereocenters. The zero-order chi connectivity index (χ0) is 9.90. The third kappa shape index (κ3) is 3.69. The molecule has 1 aromatic rings. The van der Waals surface area contributed by atoms with E-state index in [0.717, 1.165) is 5.75 Å². The van der Waals surface area contributed by atoms with E-state index in [4.69, 9.17) is 16.3 Å². The SMILES string of the molecule is CC(C)(C)COc1ccccc1Cl. The number of hydrogen-bond acceptors (Lipinski definition) is 1. The van der Waals surface area contributed by atoms with Crippen molar-refractivity contribution in [1.82, 2.24) is 0 Å². The van der Waals surface area contributed by atoms with Gasteiger partial charge in [-0.25, -0.2) is 0 Å². The van der Waals surface area contributed by atoms with Crippen LogP contribution in [0.1, 0.15) is 20.8 Å². The fraction of sp³-hybridized carbons (Fsp3) is 0.455. The van der Waals surface area contributed by atoms with E-state index in [1.165, 1.54) is 0 Å². The molecule has 0 aliphatic rings. The van der Waals surface area contributed by atoms with Gasteiger partial charge in [0, 0.05) is 0 Å². The van der Waals surface area contributed by atoms with E-state index in [-0.39, 0.29) is 5.41 Å². The molecular weight excluding hydrogens is 184 g/mol. The van der Waals surface area contributed by atoms with Crippen LogP contribution in [0.25, 0.3) is 0 Å². The molecule has 0 saturated carbocycles. The van der Waals surface area contributed by atoms with Gasteiger partial charge in [0.15, 0.2) is 0 Å². The van der Waals surface area contributed by atoms with Gasteiger partial charge in [-0.15, -0.1) is 0 Å². The second kappa shape index (κ2) is 4.01. The first-order valence-electron chi connectivity index (χ1n) is 4.36. The lowest BCUT2D eigenvalue weighted by atomic mass is 9.99. The van der Waals surface area contributed by atoms with Crippen LogP contribution in [0.5, 0.6) is 5.75 Å². The molecule has 0 heterocycles. The van der Waals surface area contributed by atoms with Gasteiger partial charge in [-0.3, -0.25) is 0 Å². The molecule has 2 heteroatoms. The van der Waals surface area contributed by atoms with E-state index in [9.17, 15) is 0 Å². The normalized spacial score (nSPS) is 11.4. The Morgan fingerprint density at radius 2 is 1.85 bits per heavy atom. The lowest BCUT2D eigenvalue weighted by Gasteiger charge is -2.19. The fourth-order valence-corrected chi connectivity index (χ4v) is 1.05. The average molecular weight is 199 g/mol. The summed E-state index contributed by atoms with van der Waals surface area (Å²) < 4.78 is 5.57. The van der Waals surface area contributed by atoms with E-state index in [1.54, 1.807) is 0 Å². The molecule has 0 unspecified atom stereocenters. The Balaban J connectivity index is 2.60. The highest BCUT2D eigenvalue weighted by molar-refractivity contribution is 6.32. The van der Waals surface area contributed by atoms with Crippen LogP contribution in [0.2, 0.25) is 5.02 Å². The smallest absolute Gasteiger partial charge is 0.137 e. The molecular formula is C11H15ClO. The Morgan fingerprint density at radius 3 is 2.38 bits per heavy atom. The maximum atomic E-state index is 5.93. The first-order chi connectivity index (χ1) is 5.99. The minimum Gasteiger partial charge on any atom is -0.491 e. The highest BCUT2D eigenvalue weighted by Crippen LogP contribution is 2.25. The van der Waals surface area contributed by atoms with E-state index in [1.807, 2.05) is 24.3 Å². The summed E-state index contributed by atoms with van der Waals surface area (Å²) in [6, 6.07) is 7.53. The Bertz CT molecular complexity index is 276. The molecule has 0 fully saturated rings. The molecule has 1 aromatic carbocycles. The second-order valence-corrected chi connectivity index (χ2v) is 4.69. The second-order valence-electron chi connectivity index (χ2n) is 4.28. The Kier molecular flexibility index (Phi) is 3.21. The molecule has 0 spiro atoms. The van der Waals surface area contributed by atoms with E-state index >= 15 is 0 Å². The Hall–Kier alpha value is -0.690. The fourth-order valence-electron chi connectivity index (χ4n) is 0.856. The topological polar surface area (TPSA) is 9.23 Å². The average Bonchev–Trinajstić information content (AvgIpc) is 2.01. The summed E-state index contributed by atoms with van der Waals surface area (Å²) >= 11 is 5.93. The lowest BCUT2D eigenvalue weighted by molar-refractivity contribution is 0.198. The minimum absolute atomic E-state index is 0.166. The summed E-state index contributed by atoms with van der Waals surface area (Å²) in [5, 5.41) is 0.673. The summed E-state index contributed by atoms with van der Waals surface area (Å²) in [4.78, 5) is 0. The van der Waals surface area contributed by atoms with Crippen LogP contribution in [-0.4, -0.2) is 6.61 Å². The first kappa shape index (κ1) is 10.4. The molecule has 0 bridgehead atoms. The van der Waals surface area contributed by atoms with Crippen LogP contribution >= 0.6 is 11.6 Å². The summed E-state index contributed by atoms with van der Waals surface area (Å²) in [6.45, 7) is 7.06. The molecule has 72 valence electrons. The summed E-state index contributed by atoms with van der Waals surface area (Å²) in [5.74, 6) is 0.763. The molecule has 0 N–H and O–H groups in total. The molecule has 0 aliphatic heterocycles. The quantitative estimate of drug-likeness (QED) is 0.703. The minimum atomic E-state index is 0.166. The van der Waals surface area contributed by atoms with Crippen molar-refractivity contribution < 1.29 is 4.74 Å². The van der Waals surface area contributed by atoms with E-state index < -0.39 is 0 Å². The predicted molar refractivity (Wildman–Crippen MR) is 56.4 cm³/mol. The van der Waals surface area contributed by atoms with Gasteiger partial charge in [0.05, 0.1) is 11.6 Å². The number of para-hydroxylation sites is 1. The van der Waals surface area contributed by atoms with Crippen LogP contribution < -0.4 is 4.74 Å². The van der Waals surface area contributed by atoms with E-state index in [2.05, 4.69) is 20.8 Å². The molecule has 0 amide bonds. The molecule has 1 nitrogen and oxygen atoms in total. The van der Waals surface area contributed by atoms with Crippen LogP contribution in [0, 0.1) is 5.41 Å². The van der Waals surface area contributed by atoms with E-state index in [0.29, 0.717) is 11.6 Å². The van der Waals surface area contributed by atoms with Crippen LogP contribution in [0.15, 0.2) is 24.3 Å². The van der Waals surface area contributed by atoms with Gasteiger partial charge in [0.2, 0.25) is 0 Å². The third-order valence-electron chi connectivity index (χ3n) is 1.50. The molecule has 0 radical (unpaired) electrons. The van der Waals surface area contributed by atoms with Gasteiger partial charge >= 0.3 is 0 Å². The zero-order valence-electron chi connectivity index (χ0n) is 8.30. The molecule has 0 aliphatic carbocycles. The molecule has 0 saturated heterocycles. The standard InChI is InChI=1S/C11H15ClO/c1-11(2,3)8-13-10-7-5-4-6-9(10)12/h4-7H,8H2,1-3H3. The lowest BCUT2D eigenvalue weighted by Crippen LogP contribution is -2.16. The predicted octanol–water partition coefficient (Wildman–Crippen LogP) is 3.76. The highest BCUT2D eigenvalue weighted by atomic mass is 35.5. The molecule has 0 aromatic heterocycles. The maximum absolute atomic E-state index is 5.93. The zero-order valence-corrected chi connectivity index (χ0v) is 9.06. The number of halogens is 1. The summed E-state index contributed by atoms with van der Waals surface area (Å²) in [6.07, 6.45) is 0. The molecule has 13 heavy (non-hydrogen) atoms. The van der Waals surface area contributed by atoms with Crippen molar-refractivity contribution in [3.63, 3.8) is 0 Å². The third-order valence-corrected chi connectivity index (χ3v) is 1.81. The van der Waals surface area contributed by atoms with Crippen LogP contribution in [-0.2, 0) is 0 Å². The number of benzene rings is 1. The number of ether oxygens (including phenoxy) is 1. The van der Waals surface area contributed by atoms with Gasteiger partial charge in [0.1, 0.15) is 5.75 Å². The van der Waals surface area contributed by atoms with Gasteiger partial charge in [-0.05, 0) is 17.5 Å². The highest BCUT2D eigenvalue weighted by Gasteiger charge is 2.11. The van der Waals surface area contributed by atoms with Crippen molar-refractivity contribution in [2.75, 3.05) is 6.61 Å². The summed E-state index contributed by atoms with van der Waals surface area (Å²) in [7, 11) is 0. The van der Waals surface area contributed by atoms with Gasteiger partial charge in [-0.1, -0.05) is 44.5 Å². The molecule has 1 rings (SSSR count). The maximum Gasteiger partial charge on any atom is 0.137 e. The number of rotatable bonds is 2. The van der Waals surface area contributed by atoms with Crippen molar-refractivity contribution in [2.45, 2.75) is 20.8 Å². The first-order valence-corrected chi connectivity index (χ1v) is 4.74. The monoisotopic (exact) mass is 198 g/mol. The van der Waals surface area contributed by atoms with Crippen LogP contribution in [0.3, 0.4) is 0 Å².